The van der Waals surface area contributed by atoms with Crippen LogP contribution in [0.15, 0.2) is 24.3 Å². The number of halogens is 1. The fourth-order valence-electron chi connectivity index (χ4n) is 2.36. The molecule has 0 bridgehead atoms. The largest absolute Gasteiger partial charge is 0.481 e. The highest BCUT2D eigenvalue weighted by Gasteiger charge is 2.20. The van der Waals surface area contributed by atoms with Gasteiger partial charge < -0.3 is 14.8 Å². The zero-order valence-electron chi connectivity index (χ0n) is 15.2. The lowest BCUT2D eigenvalue weighted by Crippen LogP contribution is -2.30. The van der Waals surface area contributed by atoms with Gasteiger partial charge in [-0.2, -0.15) is 5.10 Å². The quantitative estimate of drug-likeness (QED) is 0.496. The van der Waals surface area contributed by atoms with Crippen LogP contribution in [0.1, 0.15) is 25.2 Å². The molecule has 2 rings (SSSR count). The smallest absolute Gasteiger partial charge is 0.327 e. The first-order valence-corrected chi connectivity index (χ1v) is 9.32. The maximum absolute atomic E-state index is 12.5. The number of hydrogen-bond acceptors (Lipinski definition) is 5. The Kier molecular flexibility index (Phi) is 7.01. The van der Waals surface area contributed by atoms with E-state index in [-0.39, 0.29) is 18.4 Å². The number of ether oxygens (including phenoxy) is 2. The highest BCUT2D eigenvalue weighted by atomic mass is 127. The molecule has 0 fully saturated rings. The first-order chi connectivity index (χ1) is 12.3. The number of aromatic nitrogens is 2. The lowest BCUT2D eigenvalue weighted by molar-refractivity contribution is -0.144. The SMILES string of the molecule is CCOC(=O)Cn1nc(C)c(NC(=O)[C@@H](C)Oc2ccc(I)cc2)c1C. The number of nitrogens with zero attached hydrogens (tertiary/aromatic N) is 2. The van der Waals surface area contributed by atoms with Gasteiger partial charge in [0.1, 0.15) is 12.3 Å². The van der Waals surface area contributed by atoms with Crippen LogP contribution < -0.4 is 10.1 Å². The molecule has 0 saturated heterocycles. The Balaban J connectivity index is 2.04. The fourth-order valence-corrected chi connectivity index (χ4v) is 2.72. The normalized spacial score (nSPS) is 11.7. The van der Waals surface area contributed by atoms with Gasteiger partial charge in [0.05, 0.1) is 23.7 Å². The van der Waals surface area contributed by atoms with Gasteiger partial charge in [0.2, 0.25) is 0 Å². The second kappa shape index (κ2) is 9.02. The summed E-state index contributed by atoms with van der Waals surface area (Å²) in [5.41, 5.74) is 1.89. The maximum Gasteiger partial charge on any atom is 0.327 e. The molecule has 1 amide bonds. The summed E-state index contributed by atoms with van der Waals surface area (Å²) in [5, 5.41) is 7.13. The molecule has 1 heterocycles. The minimum Gasteiger partial charge on any atom is -0.481 e. The molecule has 1 atom stereocenters. The molecule has 0 spiro atoms. The Hall–Kier alpha value is -2.10. The van der Waals surface area contributed by atoms with Crippen molar-refractivity contribution >= 4 is 40.2 Å². The summed E-state index contributed by atoms with van der Waals surface area (Å²) >= 11 is 2.20. The van der Waals surface area contributed by atoms with Crippen molar-refractivity contribution < 1.29 is 19.1 Å². The molecule has 7 nitrogen and oxygen atoms in total. The van der Waals surface area contributed by atoms with Crippen LogP contribution in [0, 0.1) is 17.4 Å². The monoisotopic (exact) mass is 471 g/mol. The van der Waals surface area contributed by atoms with Crippen molar-refractivity contribution in [3.8, 4) is 5.75 Å². The van der Waals surface area contributed by atoms with Gasteiger partial charge in [-0.3, -0.25) is 14.3 Å². The van der Waals surface area contributed by atoms with Crippen molar-refractivity contribution in [2.24, 2.45) is 0 Å². The standard InChI is InChI=1S/C18H22IN3O4/c1-5-25-16(23)10-22-12(3)17(11(2)21-22)20-18(24)13(4)26-15-8-6-14(19)7-9-15/h6-9,13H,5,10H2,1-4H3,(H,20,24)/t13-/m1/s1. The van der Waals surface area contributed by atoms with Gasteiger partial charge in [0, 0.05) is 3.57 Å². The highest BCUT2D eigenvalue weighted by Crippen LogP contribution is 2.21. The number of nitrogens with one attached hydrogen (secondary N) is 1. The first kappa shape index (κ1) is 20.2. The zero-order chi connectivity index (χ0) is 19.3. The molecular formula is C18H22IN3O4. The summed E-state index contributed by atoms with van der Waals surface area (Å²) in [4.78, 5) is 24.1. The molecule has 0 aliphatic rings. The second-order valence-electron chi connectivity index (χ2n) is 5.71. The van der Waals surface area contributed by atoms with Gasteiger partial charge in [0.25, 0.3) is 5.91 Å². The molecule has 1 aromatic heterocycles. The average Bonchev–Trinajstić information content (AvgIpc) is 2.84. The van der Waals surface area contributed by atoms with Gasteiger partial charge in [-0.25, -0.2) is 0 Å². The summed E-state index contributed by atoms with van der Waals surface area (Å²) < 4.78 is 13.2. The zero-order valence-corrected chi connectivity index (χ0v) is 17.4. The van der Waals surface area contributed by atoms with E-state index in [1.165, 1.54) is 4.68 Å². The lowest BCUT2D eigenvalue weighted by atomic mass is 10.2. The third kappa shape index (κ3) is 5.20. The summed E-state index contributed by atoms with van der Waals surface area (Å²) in [6, 6.07) is 7.46. The van der Waals surface area contributed by atoms with Crippen LogP contribution in [0.2, 0.25) is 0 Å². The van der Waals surface area contributed by atoms with Crippen LogP contribution in [0.4, 0.5) is 5.69 Å². The topological polar surface area (TPSA) is 82.5 Å². The Labute approximate surface area is 166 Å². The van der Waals surface area contributed by atoms with Crippen molar-refractivity contribution in [3.05, 3.63) is 39.2 Å². The number of benzene rings is 1. The molecular weight excluding hydrogens is 449 g/mol. The lowest BCUT2D eigenvalue weighted by Gasteiger charge is -2.15. The van der Waals surface area contributed by atoms with E-state index in [2.05, 4.69) is 33.0 Å². The molecule has 2 aromatic rings. The summed E-state index contributed by atoms with van der Waals surface area (Å²) in [6.07, 6.45) is -0.678. The fraction of sp³-hybridized carbons (Fsp3) is 0.389. The second-order valence-corrected chi connectivity index (χ2v) is 6.96. The minimum atomic E-state index is -0.678. The van der Waals surface area contributed by atoms with Crippen molar-refractivity contribution in [3.63, 3.8) is 0 Å². The molecule has 0 unspecified atom stereocenters. The van der Waals surface area contributed by atoms with Gasteiger partial charge in [-0.1, -0.05) is 0 Å². The number of aryl methyl sites for hydroxylation is 1. The van der Waals surface area contributed by atoms with Crippen LogP contribution >= 0.6 is 22.6 Å². The van der Waals surface area contributed by atoms with Crippen molar-refractivity contribution in [1.29, 1.82) is 0 Å². The summed E-state index contributed by atoms with van der Waals surface area (Å²) in [7, 11) is 0. The molecule has 1 aromatic carbocycles. The highest BCUT2D eigenvalue weighted by molar-refractivity contribution is 14.1. The van der Waals surface area contributed by atoms with E-state index >= 15 is 0 Å². The number of hydrogen-bond donors (Lipinski definition) is 1. The number of carbonyl (C=O) groups excluding carboxylic acids is 2. The van der Waals surface area contributed by atoms with Crippen LogP contribution in [0.5, 0.6) is 5.75 Å². The molecule has 8 heteroatoms. The van der Waals surface area contributed by atoms with E-state index in [9.17, 15) is 9.59 Å². The third-order valence-corrected chi connectivity index (χ3v) is 4.43. The Bertz CT molecular complexity index is 786. The molecule has 140 valence electrons. The Morgan fingerprint density at radius 1 is 1.27 bits per heavy atom. The predicted octanol–water partition coefficient (Wildman–Crippen LogP) is 3.07. The number of anilines is 1. The Morgan fingerprint density at radius 3 is 2.54 bits per heavy atom. The molecule has 0 aliphatic carbocycles. The summed E-state index contributed by atoms with van der Waals surface area (Å²) in [5.74, 6) is -0.0312. The van der Waals surface area contributed by atoms with Crippen molar-refractivity contribution in [2.45, 2.75) is 40.3 Å². The van der Waals surface area contributed by atoms with Gasteiger partial charge >= 0.3 is 5.97 Å². The van der Waals surface area contributed by atoms with E-state index in [0.29, 0.717) is 29.4 Å². The van der Waals surface area contributed by atoms with Gasteiger partial charge in [0.15, 0.2) is 6.10 Å². The average molecular weight is 471 g/mol. The van der Waals surface area contributed by atoms with Crippen LogP contribution in [-0.2, 0) is 20.9 Å². The molecule has 0 saturated carbocycles. The van der Waals surface area contributed by atoms with Crippen LogP contribution in [-0.4, -0.2) is 34.4 Å². The van der Waals surface area contributed by atoms with Gasteiger partial charge in [-0.05, 0) is 74.6 Å². The van der Waals surface area contributed by atoms with Gasteiger partial charge in [-0.15, -0.1) is 0 Å². The molecule has 0 radical (unpaired) electrons. The Morgan fingerprint density at radius 2 is 1.92 bits per heavy atom. The van der Waals surface area contributed by atoms with E-state index in [1.54, 1.807) is 27.7 Å². The number of rotatable bonds is 7. The van der Waals surface area contributed by atoms with E-state index in [0.717, 1.165) is 3.57 Å². The van der Waals surface area contributed by atoms with Crippen LogP contribution in [0.3, 0.4) is 0 Å². The van der Waals surface area contributed by atoms with E-state index in [4.69, 9.17) is 9.47 Å². The number of amides is 1. The van der Waals surface area contributed by atoms with Crippen molar-refractivity contribution in [2.75, 3.05) is 11.9 Å². The predicted molar refractivity (Wildman–Crippen MR) is 106 cm³/mol. The molecule has 0 aliphatic heterocycles. The molecule has 1 N–H and O–H groups in total. The van der Waals surface area contributed by atoms with E-state index in [1.807, 2.05) is 24.3 Å². The first-order valence-electron chi connectivity index (χ1n) is 8.24. The maximum atomic E-state index is 12.5. The van der Waals surface area contributed by atoms with Crippen LogP contribution in [0.25, 0.3) is 0 Å². The van der Waals surface area contributed by atoms with Crippen molar-refractivity contribution in [1.82, 2.24) is 9.78 Å². The number of carbonyl (C=O) groups is 2. The summed E-state index contributed by atoms with van der Waals surface area (Å²) in [6.45, 7) is 7.31. The minimum absolute atomic E-state index is 0.00505. The number of esters is 1. The van der Waals surface area contributed by atoms with E-state index < -0.39 is 6.10 Å². The molecule has 26 heavy (non-hydrogen) atoms. The third-order valence-electron chi connectivity index (χ3n) is 3.71.